The first-order valence-electron chi connectivity index (χ1n) is 7.29. The van der Waals surface area contributed by atoms with Crippen molar-refractivity contribution < 1.29 is 9.21 Å². The van der Waals surface area contributed by atoms with Crippen molar-refractivity contribution in [2.45, 2.75) is 34.2 Å². The van der Waals surface area contributed by atoms with E-state index in [2.05, 4.69) is 4.57 Å². The number of carbonyl (C=O) groups is 1. The molecule has 0 fully saturated rings. The maximum atomic E-state index is 12.0. The minimum Gasteiger partial charge on any atom is -0.467 e. The highest BCUT2D eigenvalue weighted by atomic mass is 16.3. The number of rotatable bonds is 5. The first-order valence-corrected chi connectivity index (χ1v) is 7.29. The average molecular weight is 296 g/mol. The van der Waals surface area contributed by atoms with Crippen molar-refractivity contribution in [1.82, 2.24) is 4.57 Å². The quantitative estimate of drug-likeness (QED) is 0.621. The van der Waals surface area contributed by atoms with Crippen LogP contribution in [0.4, 0.5) is 0 Å². The number of aryl methyl sites for hydroxylation is 1. The summed E-state index contributed by atoms with van der Waals surface area (Å²) in [5.74, 6) is 0.562. The van der Waals surface area contributed by atoms with Gasteiger partial charge in [0.25, 0.3) is 0 Å². The summed E-state index contributed by atoms with van der Waals surface area (Å²) in [7, 11) is 0. The van der Waals surface area contributed by atoms with Crippen molar-refractivity contribution in [2.24, 2.45) is 5.92 Å². The first-order chi connectivity index (χ1) is 10.4. The summed E-state index contributed by atoms with van der Waals surface area (Å²) in [6.07, 6.45) is 3.34. The van der Waals surface area contributed by atoms with Crippen LogP contribution in [-0.4, -0.2) is 10.4 Å². The van der Waals surface area contributed by atoms with Crippen molar-refractivity contribution in [3.63, 3.8) is 0 Å². The van der Waals surface area contributed by atoms with Crippen LogP contribution < -0.4 is 0 Å². The topological polar surface area (TPSA) is 58.9 Å². The Morgan fingerprint density at radius 2 is 2.18 bits per heavy atom. The van der Waals surface area contributed by atoms with Crippen molar-refractivity contribution in [1.29, 1.82) is 5.26 Å². The summed E-state index contributed by atoms with van der Waals surface area (Å²) in [5, 5.41) is 9.22. The molecule has 0 spiro atoms. The van der Waals surface area contributed by atoms with Gasteiger partial charge >= 0.3 is 0 Å². The van der Waals surface area contributed by atoms with Gasteiger partial charge in [0, 0.05) is 17.3 Å². The van der Waals surface area contributed by atoms with Gasteiger partial charge in [-0.25, -0.2) is 0 Å². The summed E-state index contributed by atoms with van der Waals surface area (Å²) >= 11 is 0. The van der Waals surface area contributed by atoms with Crippen molar-refractivity contribution in [2.75, 3.05) is 0 Å². The van der Waals surface area contributed by atoms with Gasteiger partial charge in [-0.2, -0.15) is 5.26 Å². The summed E-state index contributed by atoms with van der Waals surface area (Å²) < 4.78 is 7.50. The first kappa shape index (κ1) is 15.8. The molecule has 0 aromatic carbocycles. The molecule has 2 rings (SSSR count). The molecule has 0 aliphatic rings. The third-order valence-electron chi connectivity index (χ3n) is 3.72. The lowest BCUT2D eigenvalue weighted by Gasteiger charge is -2.07. The van der Waals surface area contributed by atoms with Gasteiger partial charge in [-0.3, -0.25) is 4.79 Å². The number of hydrogen-bond donors (Lipinski definition) is 0. The second-order valence-corrected chi connectivity index (χ2v) is 5.68. The van der Waals surface area contributed by atoms with E-state index in [1.54, 1.807) is 26.2 Å². The van der Waals surface area contributed by atoms with Crippen molar-refractivity contribution in [3.8, 4) is 6.07 Å². The Morgan fingerprint density at radius 1 is 1.45 bits per heavy atom. The normalized spacial score (nSPS) is 11.7. The fraction of sp³-hybridized carbons (Fsp3) is 0.333. The van der Waals surface area contributed by atoms with E-state index in [0.717, 1.165) is 22.7 Å². The summed E-state index contributed by atoms with van der Waals surface area (Å²) in [5.41, 5.74) is 3.18. The van der Waals surface area contributed by atoms with Gasteiger partial charge in [-0.15, -0.1) is 0 Å². The smallest absolute Gasteiger partial charge is 0.175 e. The highest BCUT2D eigenvalue weighted by Crippen LogP contribution is 2.21. The minimum absolute atomic E-state index is 0.127. The predicted molar refractivity (Wildman–Crippen MR) is 85.2 cm³/mol. The van der Waals surface area contributed by atoms with Gasteiger partial charge in [-0.1, -0.05) is 13.8 Å². The monoisotopic (exact) mass is 296 g/mol. The fourth-order valence-corrected chi connectivity index (χ4v) is 2.40. The van der Waals surface area contributed by atoms with E-state index >= 15 is 0 Å². The minimum atomic E-state index is -0.183. The molecule has 0 aliphatic carbocycles. The highest BCUT2D eigenvalue weighted by Gasteiger charge is 2.15. The molecule has 2 aromatic heterocycles. The van der Waals surface area contributed by atoms with Crippen LogP contribution in [0.2, 0.25) is 0 Å². The number of furan rings is 1. The number of nitrogens with zero attached hydrogens (tertiary/aromatic N) is 2. The fourth-order valence-electron chi connectivity index (χ4n) is 2.40. The molecule has 0 atom stereocenters. The third kappa shape index (κ3) is 3.20. The summed E-state index contributed by atoms with van der Waals surface area (Å²) in [4.78, 5) is 12.0. The Labute approximate surface area is 130 Å². The molecule has 22 heavy (non-hydrogen) atoms. The Balaban J connectivity index is 2.37. The lowest BCUT2D eigenvalue weighted by atomic mass is 10.00. The molecular formula is C18H20N2O2. The molecule has 0 amide bonds. The van der Waals surface area contributed by atoms with E-state index in [1.807, 2.05) is 38.1 Å². The van der Waals surface area contributed by atoms with Gasteiger partial charge in [0.15, 0.2) is 5.78 Å². The zero-order valence-corrected chi connectivity index (χ0v) is 13.4. The lowest BCUT2D eigenvalue weighted by molar-refractivity contribution is -0.117. The Morgan fingerprint density at radius 3 is 2.73 bits per heavy atom. The molecule has 0 unspecified atom stereocenters. The summed E-state index contributed by atoms with van der Waals surface area (Å²) in [6.45, 7) is 8.22. The molecule has 0 N–H and O–H groups in total. The van der Waals surface area contributed by atoms with Crippen LogP contribution in [0.3, 0.4) is 0 Å². The standard InChI is InChI=1S/C18H20N2O2/c1-12(2)18(21)16(10-19)9-15-8-13(3)20(14(15)4)11-17-6-5-7-22-17/h5-9,12H,11H2,1-4H3/b16-9-. The van der Waals surface area contributed by atoms with Crippen molar-refractivity contribution >= 4 is 11.9 Å². The van der Waals surface area contributed by atoms with E-state index in [-0.39, 0.29) is 17.3 Å². The zero-order valence-electron chi connectivity index (χ0n) is 13.4. The van der Waals surface area contributed by atoms with Gasteiger partial charge < -0.3 is 8.98 Å². The highest BCUT2D eigenvalue weighted by molar-refractivity contribution is 6.04. The second kappa shape index (κ2) is 6.48. The van der Waals surface area contributed by atoms with Crippen LogP contribution >= 0.6 is 0 Å². The molecule has 2 aromatic rings. The Hall–Kier alpha value is -2.54. The van der Waals surface area contributed by atoms with E-state index in [4.69, 9.17) is 4.42 Å². The molecule has 0 bridgehead atoms. The van der Waals surface area contributed by atoms with Crippen LogP contribution in [0.15, 0.2) is 34.5 Å². The maximum absolute atomic E-state index is 12.0. The molecule has 0 saturated heterocycles. The van der Waals surface area contributed by atoms with Crippen molar-refractivity contribution in [3.05, 3.63) is 52.7 Å². The summed E-state index contributed by atoms with van der Waals surface area (Å²) in [6, 6.07) is 7.79. The van der Waals surface area contributed by atoms with Crippen LogP contribution in [-0.2, 0) is 11.3 Å². The number of nitriles is 1. The lowest BCUT2D eigenvalue weighted by Crippen LogP contribution is -2.09. The SMILES string of the molecule is Cc1cc(/C=C(/C#N)C(=O)C(C)C)c(C)n1Cc1ccco1. The largest absolute Gasteiger partial charge is 0.467 e. The van der Waals surface area contributed by atoms with Crippen LogP contribution in [0.5, 0.6) is 0 Å². The number of aromatic nitrogens is 1. The van der Waals surface area contributed by atoms with Crippen LogP contribution in [0.25, 0.3) is 6.08 Å². The van der Waals surface area contributed by atoms with Gasteiger partial charge in [0.1, 0.15) is 11.8 Å². The molecular weight excluding hydrogens is 276 g/mol. The van der Waals surface area contributed by atoms with Gasteiger partial charge in [-0.05, 0) is 43.7 Å². The number of hydrogen-bond acceptors (Lipinski definition) is 3. The number of Topliss-reactive ketones (excluding diaryl/α,β-unsaturated/α-hetero) is 1. The molecule has 4 heteroatoms. The van der Waals surface area contributed by atoms with E-state index in [1.165, 1.54) is 0 Å². The average Bonchev–Trinajstić information content (AvgIpc) is 3.08. The van der Waals surface area contributed by atoms with E-state index in [0.29, 0.717) is 6.54 Å². The molecule has 0 radical (unpaired) electrons. The molecule has 4 nitrogen and oxygen atoms in total. The molecule has 114 valence electrons. The maximum Gasteiger partial charge on any atom is 0.175 e. The molecule has 0 aliphatic heterocycles. The Bertz CT molecular complexity index is 741. The van der Waals surface area contributed by atoms with Crippen LogP contribution in [0, 0.1) is 31.1 Å². The van der Waals surface area contributed by atoms with Gasteiger partial charge in [0.2, 0.25) is 0 Å². The van der Waals surface area contributed by atoms with Gasteiger partial charge in [0.05, 0.1) is 18.4 Å². The molecule has 0 saturated carbocycles. The predicted octanol–water partition coefficient (Wildman–Crippen LogP) is 3.88. The van der Waals surface area contributed by atoms with Crippen LogP contribution in [0.1, 0.15) is 36.6 Å². The third-order valence-corrected chi connectivity index (χ3v) is 3.72. The number of carbonyl (C=O) groups excluding carboxylic acids is 1. The van der Waals surface area contributed by atoms with E-state index in [9.17, 15) is 10.1 Å². The zero-order chi connectivity index (χ0) is 16.3. The number of allylic oxidation sites excluding steroid dienone is 1. The Kier molecular flexibility index (Phi) is 4.67. The molecule has 2 heterocycles. The second-order valence-electron chi connectivity index (χ2n) is 5.68. The van der Waals surface area contributed by atoms with E-state index < -0.39 is 0 Å². The number of ketones is 1.